The summed E-state index contributed by atoms with van der Waals surface area (Å²) < 4.78 is 11.2. The molecule has 2 fully saturated rings. The van der Waals surface area contributed by atoms with Gasteiger partial charge in [0, 0.05) is 6.42 Å². The van der Waals surface area contributed by atoms with Crippen LogP contribution in [0.15, 0.2) is 30.3 Å². The van der Waals surface area contributed by atoms with E-state index < -0.39 is 5.79 Å². The summed E-state index contributed by atoms with van der Waals surface area (Å²) in [5.41, 5.74) is 0.884. The van der Waals surface area contributed by atoms with Gasteiger partial charge in [0.25, 0.3) is 0 Å². The fourth-order valence-corrected chi connectivity index (χ4v) is 2.67. The van der Waals surface area contributed by atoms with Gasteiger partial charge in [-0.05, 0) is 30.4 Å². The predicted octanol–water partition coefficient (Wildman–Crippen LogP) is 3.15. The number of hydrogen-bond acceptors (Lipinski definition) is 3. The van der Waals surface area contributed by atoms with Gasteiger partial charge >= 0.3 is 5.97 Å². The van der Waals surface area contributed by atoms with Crippen LogP contribution in [-0.2, 0) is 9.47 Å². The van der Waals surface area contributed by atoms with Gasteiger partial charge in [-0.3, -0.25) is 0 Å². The Morgan fingerprint density at radius 2 is 2.00 bits per heavy atom. The molecule has 0 bridgehead atoms. The number of benzene rings is 1. The first kappa shape index (κ1) is 11.7. The standard InChI is InChI=1S/C15H18O3/c1-14(2)8-9-15(12(10-14)17-15)18-13(16)11-6-4-3-5-7-11/h3-7,12H,8-10H2,1-2H3/t12-,15-/m1/s1. The van der Waals surface area contributed by atoms with E-state index >= 15 is 0 Å². The van der Waals surface area contributed by atoms with Crippen LogP contribution >= 0.6 is 0 Å². The van der Waals surface area contributed by atoms with Gasteiger partial charge in [-0.2, -0.15) is 0 Å². The number of carbonyl (C=O) groups is 1. The predicted molar refractivity (Wildman–Crippen MR) is 67.1 cm³/mol. The van der Waals surface area contributed by atoms with Gasteiger partial charge in [0.1, 0.15) is 6.10 Å². The molecular weight excluding hydrogens is 228 g/mol. The molecule has 2 atom stereocenters. The van der Waals surface area contributed by atoms with Gasteiger partial charge in [-0.1, -0.05) is 32.0 Å². The van der Waals surface area contributed by atoms with E-state index in [1.54, 1.807) is 12.1 Å². The fraction of sp³-hybridized carbons (Fsp3) is 0.533. The molecule has 1 aromatic carbocycles. The van der Waals surface area contributed by atoms with Gasteiger partial charge in [0.15, 0.2) is 0 Å². The van der Waals surface area contributed by atoms with Crippen LogP contribution < -0.4 is 0 Å². The van der Waals surface area contributed by atoms with Crippen LogP contribution in [0.25, 0.3) is 0 Å². The monoisotopic (exact) mass is 246 g/mol. The van der Waals surface area contributed by atoms with E-state index in [1.165, 1.54) is 0 Å². The van der Waals surface area contributed by atoms with E-state index in [0.29, 0.717) is 11.0 Å². The molecule has 1 aromatic rings. The Kier molecular flexibility index (Phi) is 2.49. The van der Waals surface area contributed by atoms with Crippen LogP contribution in [0.4, 0.5) is 0 Å². The molecule has 0 aromatic heterocycles. The lowest BCUT2D eigenvalue weighted by Crippen LogP contribution is -2.33. The molecule has 3 rings (SSSR count). The average Bonchev–Trinajstić information content (AvgIpc) is 3.02. The number of epoxide rings is 1. The first-order valence-corrected chi connectivity index (χ1v) is 6.47. The Balaban J connectivity index is 1.67. The van der Waals surface area contributed by atoms with Crippen molar-refractivity contribution < 1.29 is 14.3 Å². The van der Waals surface area contributed by atoms with Crippen molar-refractivity contribution in [2.45, 2.75) is 45.0 Å². The normalized spacial score (nSPS) is 32.4. The summed E-state index contributed by atoms with van der Waals surface area (Å²) in [6.07, 6.45) is 2.90. The number of ether oxygens (including phenoxy) is 2. The number of carbonyl (C=O) groups excluding carboxylic acids is 1. The number of esters is 1. The third-order valence-electron chi connectivity index (χ3n) is 3.94. The molecule has 1 aliphatic heterocycles. The van der Waals surface area contributed by atoms with E-state index in [-0.39, 0.29) is 12.1 Å². The molecule has 18 heavy (non-hydrogen) atoms. The second-order valence-corrected chi connectivity index (χ2v) is 6.04. The second kappa shape index (κ2) is 3.82. The maximum atomic E-state index is 12.0. The minimum atomic E-state index is -0.623. The molecule has 1 saturated carbocycles. The highest BCUT2D eigenvalue weighted by Crippen LogP contribution is 2.54. The molecule has 2 aliphatic rings. The number of rotatable bonds is 2. The smallest absolute Gasteiger partial charge is 0.340 e. The summed E-state index contributed by atoms with van der Waals surface area (Å²) in [6.45, 7) is 4.47. The molecule has 3 nitrogen and oxygen atoms in total. The van der Waals surface area contributed by atoms with E-state index in [9.17, 15) is 4.79 Å². The Hall–Kier alpha value is -1.35. The lowest BCUT2D eigenvalue weighted by atomic mass is 9.76. The minimum Gasteiger partial charge on any atom is -0.427 e. The van der Waals surface area contributed by atoms with E-state index in [0.717, 1.165) is 19.3 Å². The molecule has 1 saturated heterocycles. The topological polar surface area (TPSA) is 38.8 Å². The molecule has 0 spiro atoms. The van der Waals surface area contributed by atoms with Gasteiger partial charge in [-0.15, -0.1) is 0 Å². The van der Waals surface area contributed by atoms with E-state index in [2.05, 4.69) is 13.8 Å². The lowest BCUT2D eigenvalue weighted by Gasteiger charge is -2.30. The zero-order valence-electron chi connectivity index (χ0n) is 10.8. The number of fused-ring (bicyclic) bond motifs is 1. The zero-order chi connectivity index (χ0) is 12.8. The highest BCUT2D eigenvalue weighted by atomic mass is 16.8. The minimum absolute atomic E-state index is 0.0916. The Morgan fingerprint density at radius 3 is 2.67 bits per heavy atom. The molecule has 0 amide bonds. The summed E-state index contributed by atoms with van der Waals surface area (Å²) in [6, 6.07) is 9.09. The highest BCUT2D eigenvalue weighted by molar-refractivity contribution is 5.89. The van der Waals surface area contributed by atoms with Crippen LogP contribution in [0, 0.1) is 5.41 Å². The van der Waals surface area contributed by atoms with Crippen LogP contribution in [0.3, 0.4) is 0 Å². The van der Waals surface area contributed by atoms with E-state index in [4.69, 9.17) is 9.47 Å². The molecular formula is C15H18O3. The molecule has 0 unspecified atom stereocenters. The van der Waals surface area contributed by atoms with Crippen molar-refractivity contribution in [3.05, 3.63) is 35.9 Å². The molecule has 0 N–H and O–H groups in total. The maximum absolute atomic E-state index is 12.0. The second-order valence-electron chi connectivity index (χ2n) is 6.04. The quantitative estimate of drug-likeness (QED) is 0.594. The van der Waals surface area contributed by atoms with Crippen molar-refractivity contribution in [2.24, 2.45) is 5.41 Å². The average molecular weight is 246 g/mol. The zero-order valence-corrected chi connectivity index (χ0v) is 10.8. The van der Waals surface area contributed by atoms with Crippen molar-refractivity contribution in [1.29, 1.82) is 0 Å². The molecule has 1 heterocycles. The highest BCUT2D eigenvalue weighted by Gasteiger charge is 2.64. The van der Waals surface area contributed by atoms with Crippen LogP contribution in [0.2, 0.25) is 0 Å². The fourth-order valence-electron chi connectivity index (χ4n) is 2.67. The Labute approximate surface area is 107 Å². The summed E-state index contributed by atoms with van der Waals surface area (Å²) in [5, 5.41) is 0. The summed E-state index contributed by atoms with van der Waals surface area (Å²) in [5.74, 6) is -0.902. The van der Waals surface area contributed by atoms with Crippen molar-refractivity contribution in [1.82, 2.24) is 0 Å². The largest absolute Gasteiger partial charge is 0.427 e. The summed E-state index contributed by atoms with van der Waals surface area (Å²) >= 11 is 0. The van der Waals surface area contributed by atoms with Crippen LogP contribution in [-0.4, -0.2) is 17.9 Å². The van der Waals surface area contributed by atoms with Crippen LogP contribution in [0.5, 0.6) is 0 Å². The summed E-state index contributed by atoms with van der Waals surface area (Å²) in [7, 11) is 0. The third-order valence-corrected chi connectivity index (χ3v) is 3.94. The maximum Gasteiger partial charge on any atom is 0.340 e. The first-order valence-electron chi connectivity index (χ1n) is 6.47. The van der Waals surface area contributed by atoms with Gasteiger partial charge in [0.05, 0.1) is 5.56 Å². The molecule has 0 radical (unpaired) electrons. The Morgan fingerprint density at radius 1 is 1.28 bits per heavy atom. The molecule has 1 aliphatic carbocycles. The van der Waals surface area contributed by atoms with Gasteiger partial charge in [0.2, 0.25) is 5.79 Å². The summed E-state index contributed by atoms with van der Waals surface area (Å²) in [4.78, 5) is 12.0. The Bertz CT molecular complexity index is 466. The van der Waals surface area contributed by atoms with Crippen LogP contribution in [0.1, 0.15) is 43.5 Å². The number of hydrogen-bond donors (Lipinski definition) is 0. The third kappa shape index (κ3) is 2.03. The van der Waals surface area contributed by atoms with Crippen molar-refractivity contribution in [3.8, 4) is 0 Å². The van der Waals surface area contributed by atoms with E-state index in [1.807, 2.05) is 18.2 Å². The first-order chi connectivity index (χ1) is 8.51. The van der Waals surface area contributed by atoms with Gasteiger partial charge < -0.3 is 9.47 Å². The van der Waals surface area contributed by atoms with Crippen molar-refractivity contribution in [2.75, 3.05) is 0 Å². The van der Waals surface area contributed by atoms with Crippen molar-refractivity contribution in [3.63, 3.8) is 0 Å². The van der Waals surface area contributed by atoms with Gasteiger partial charge in [-0.25, -0.2) is 4.79 Å². The lowest BCUT2D eigenvalue weighted by molar-refractivity contribution is -0.0304. The SMILES string of the molecule is CC1(C)CC[C@]2(OC(=O)c3ccccc3)O[C@@H]2C1. The molecule has 3 heteroatoms. The van der Waals surface area contributed by atoms with Crippen molar-refractivity contribution >= 4 is 5.97 Å². The molecule has 96 valence electrons.